The van der Waals surface area contributed by atoms with E-state index >= 15 is 0 Å². The van der Waals surface area contributed by atoms with E-state index in [0.29, 0.717) is 16.3 Å². The maximum Gasteiger partial charge on any atom is 0.291 e. The quantitative estimate of drug-likeness (QED) is 0.574. The van der Waals surface area contributed by atoms with Gasteiger partial charge in [0.15, 0.2) is 0 Å². The van der Waals surface area contributed by atoms with Crippen molar-refractivity contribution >= 4 is 35.0 Å². The maximum absolute atomic E-state index is 13.3. The summed E-state index contributed by atoms with van der Waals surface area (Å²) in [6.45, 7) is 3.73. The molecule has 3 aliphatic rings. The number of benzene rings is 1. The molecule has 1 aromatic rings. The van der Waals surface area contributed by atoms with Gasteiger partial charge in [0.25, 0.3) is 5.91 Å². The number of carbonyl (C=O) groups is 3. The fraction of sp³-hybridized carbons (Fsp3) is 0.526. The highest BCUT2D eigenvalue weighted by atomic mass is 35.5. The number of likely N-dealkylation sites (tertiary alicyclic amines) is 1. The third kappa shape index (κ3) is 2.38. The lowest BCUT2D eigenvalue weighted by atomic mass is 9.76. The van der Waals surface area contributed by atoms with Gasteiger partial charge in [-0.25, -0.2) is 0 Å². The second kappa shape index (κ2) is 6.52. The van der Waals surface area contributed by atoms with Crippen LogP contribution in [0.5, 0.6) is 0 Å². The SMILES string of the molecule is COCCN1C(=O)[C@@H]2[C@H]([C@@H](C)O)[NH2+][C@]3(C(=O)Nc4c(C)cc(Cl)cc43)[C@@H]2C1=O. The van der Waals surface area contributed by atoms with Crippen molar-refractivity contribution in [3.63, 3.8) is 0 Å². The molecular formula is C19H23ClN3O5+. The van der Waals surface area contributed by atoms with E-state index in [1.54, 1.807) is 24.4 Å². The number of imide groups is 1. The van der Waals surface area contributed by atoms with Crippen LogP contribution in [0.15, 0.2) is 12.1 Å². The van der Waals surface area contributed by atoms with Gasteiger partial charge in [-0.1, -0.05) is 11.6 Å². The molecule has 3 heterocycles. The molecule has 8 nitrogen and oxygen atoms in total. The number of aryl methyl sites for hydroxylation is 1. The highest BCUT2D eigenvalue weighted by Crippen LogP contribution is 2.50. The first-order valence-electron chi connectivity index (χ1n) is 9.24. The standard InChI is InChI=1S/C19H22ClN3O5/c1-8-6-10(20)7-11-14(8)21-18(27)19(11)13-12(15(22-19)9(2)24)16(25)23(17(13)26)4-5-28-3/h6-7,9,12-13,15,22,24H,4-5H2,1-3H3,(H,21,27)/p+1/t9-,12+,13+,15+,19+/m1/s1. The predicted molar refractivity (Wildman–Crippen MR) is 99.5 cm³/mol. The second-order valence-electron chi connectivity index (χ2n) is 7.78. The number of methoxy groups -OCH3 is 1. The van der Waals surface area contributed by atoms with Crippen LogP contribution in [0.25, 0.3) is 0 Å². The van der Waals surface area contributed by atoms with Gasteiger partial charge in [0, 0.05) is 17.7 Å². The van der Waals surface area contributed by atoms with E-state index < -0.39 is 35.4 Å². The van der Waals surface area contributed by atoms with Crippen molar-refractivity contribution in [2.24, 2.45) is 11.8 Å². The average molecular weight is 409 g/mol. The van der Waals surface area contributed by atoms with Gasteiger partial charge in [-0.2, -0.15) is 0 Å². The number of carbonyl (C=O) groups excluding carboxylic acids is 3. The zero-order valence-electron chi connectivity index (χ0n) is 15.9. The summed E-state index contributed by atoms with van der Waals surface area (Å²) in [5.41, 5.74) is 0.666. The summed E-state index contributed by atoms with van der Waals surface area (Å²) in [5, 5.41) is 15.4. The molecule has 1 aromatic carbocycles. The number of ether oxygens (including phenoxy) is 1. The third-order valence-electron chi connectivity index (χ3n) is 6.24. The van der Waals surface area contributed by atoms with E-state index in [1.165, 1.54) is 7.11 Å². The molecule has 5 atom stereocenters. The highest BCUT2D eigenvalue weighted by molar-refractivity contribution is 6.31. The summed E-state index contributed by atoms with van der Waals surface area (Å²) in [4.78, 5) is 40.8. The number of hydrogen-bond acceptors (Lipinski definition) is 5. The number of halogens is 1. The van der Waals surface area contributed by atoms with Crippen molar-refractivity contribution in [3.8, 4) is 0 Å². The van der Waals surface area contributed by atoms with Crippen LogP contribution in [0.2, 0.25) is 5.02 Å². The minimum Gasteiger partial charge on any atom is -0.387 e. The Hall–Kier alpha value is -2.00. The van der Waals surface area contributed by atoms with Gasteiger partial charge < -0.3 is 20.5 Å². The second-order valence-corrected chi connectivity index (χ2v) is 8.21. The van der Waals surface area contributed by atoms with Crippen molar-refractivity contribution in [2.75, 3.05) is 25.6 Å². The number of nitrogens with zero attached hydrogens (tertiary/aromatic N) is 1. The molecule has 0 unspecified atom stereocenters. The lowest BCUT2D eigenvalue weighted by molar-refractivity contribution is -0.738. The molecule has 4 rings (SSSR count). The van der Waals surface area contributed by atoms with E-state index in [1.807, 2.05) is 6.92 Å². The summed E-state index contributed by atoms with van der Waals surface area (Å²) in [6, 6.07) is 2.80. The van der Waals surface area contributed by atoms with Gasteiger partial charge in [-0.05, 0) is 31.5 Å². The number of aliphatic hydroxyl groups excluding tert-OH is 1. The molecule has 0 bridgehead atoms. The Balaban J connectivity index is 1.89. The molecule has 28 heavy (non-hydrogen) atoms. The fourth-order valence-corrected chi connectivity index (χ4v) is 5.29. The smallest absolute Gasteiger partial charge is 0.291 e. The number of hydrogen-bond donors (Lipinski definition) is 3. The molecule has 4 N–H and O–H groups in total. The highest BCUT2D eigenvalue weighted by Gasteiger charge is 2.74. The first-order valence-corrected chi connectivity index (χ1v) is 9.62. The van der Waals surface area contributed by atoms with Gasteiger partial charge in [0.1, 0.15) is 24.0 Å². The van der Waals surface area contributed by atoms with Gasteiger partial charge >= 0.3 is 0 Å². The normalized spacial score (nSPS) is 32.1. The Labute approximate surface area is 167 Å². The Morgan fingerprint density at radius 2 is 2.07 bits per heavy atom. The van der Waals surface area contributed by atoms with E-state index in [2.05, 4.69) is 5.32 Å². The first kappa shape index (κ1) is 19.3. The number of nitrogens with one attached hydrogen (secondary N) is 1. The van der Waals surface area contributed by atoms with Gasteiger partial charge in [-0.15, -0.1) is 0 Å². The summed E-state index contributed by atoms with van der Waals surface area (Å²) < 4.78 is 5.02. The van der Waals surface area contributed by atoms with Crippen molar-refractivity contribution in [2.45, 2.75) is 31.5 Å². The summed E-state index contributed by atoms with van der Waals surface area (Å²) in [6.07, 6.45) is -0.886. The third-order valence-corrected chi connectivity index (χ3v) is 6.46. The Morgan fingerprint density at radius 3 is 2.71 bits per heavy atom. The number of amides is 3. The zero-order chi connectivity index (χ0) is 20.4. The van der Waals surface area contributed by atoms with Crippen molar-refractivity contribution in [3.05, 3.63) is 28.3 Å². The molecule has 9 heteroatoms. The minimum atomic E-state index is -1.33. The number of quaternary nitrogens is 1. The van der Waals surface area contributed by atoms with Gasteiger partial charge in [0.05, 0.1) is 18.8 Å². The predicted octanol–water partition coefficient (Wildman–Crippen LogP) is -0.630. The van der Waals surface area contributed by atoms with Crippen LogP contribution in [0.3, 0.4) is 0 Å². The molecule has 1 spiro atoms. The van der Waals surface area contributed by atoms with Crippen molar-refractivity contribution < 1.29 is 29.5 Å². The number of aliphatic hydroxyl groups is 1. The Kier molecular flexibility index (Phi) is 4.50. The molecule has 2 saturated heterocycles. The molecule has 3 amide bonds. The molecule has 0 radical (unpaired) electrons. The summed E-state index contributed by atoms with van der Waals surface area (Å²) >= 11 is 6.26. The summed E-state index contributed by atoms with van der Waals surface area (Å²) in [5.74, 6) is -2.84. The van der Waals surface area contributed by atoms with Crippen LogP contribution in [0, 0.1) is 18.8 Å². The number of rotatable bonds is 4. The molecule has 2 fully saturated rings. The van der Waals surface area contributed by atoms with Crippen LogP contribution in [-0.4, -0.2) is 60.1 Å². The van der Waals surface area contributed by atoms with E-state index in [9.17, 15) is 19.5 Å². The maximum atomic E-state index is 13.3. The van der Waals surface area contributed by atoms with Crippen LogP contribution in [0.4, 0.5) is 5.69 Å². The van der Waals surface area contributed by atoms with Crippen LogP contribution >= 0.6 is 11.6 Å². The molecule has 0 aliphatic carbocycles. The molecule has 0 saturated carbocycles. The lowest BCUT2D eigenvalue weighted by Crippen LogP contribution is -3.00. The molecule has 150 valence electrons. The van der Waals surface area contributed by atoms with Gasteiger partial charge in [-0.3, -0.25) is 19.3 Å². The monoisotopic (exact) mass is 408 g/mol. The summed E-state index contributed by atoms with van der Waals surface area (Å²) in [7, 11) is 1.49. The molecule has 0 aromatic heterocycles. The average Bonchev–Trinajstić information content (AvgIpc) is 3.21. The van der Waals surface area contributed by atoms with Crippen LogP contribution < -0.4 is 10.6 Å². The van der Waals surface area contributed by atoms with E-state index in [-0.39, 0.29) is 25.0 Å². The fourth-order valence-electron chi connectivity index (χ4n) is 5.02. The molecule has 3 aliphatic heterocycles. The first-order chi connectivity index (χ1) is 13.2. The molecular weight excluding hydrogens is 386 g/mol. The Bertz CT molecular complexity index is 889. The van der Waals surface area contributed by atoms with Gasteiger partial charge in [0.2, 0.25) is 17.4 Å². The number of fused-ring (bicyclic) bond motifs is 4. The van der Waals surface area contributed by atoms with E-state index in [0.717, 1.165) is 10.5 Å². The van der Waals surface area contributed by atoms with E-state index in [4.69, 9.17) is 16.3 Å². The largest absolute Gasteiger partial charge is 0.387 e. The van der Waals surface area contributed by atoms with Crippen LogP contribution in [0.1, 0.15) is 18.1 Å². The van der Waals surface area contributed by atoms with Crippen LogP contribution in [-0.2, 0) is 24.7 Å². The lowest BCUT2D eigenvalue weighted by Gasteiger charge is -2.27. The zero-order valence-corrected chi connectivity index (χ0v) is 16.6. The van der Waals surface area contributed by atoms with Crippen molar-refractivity contribution in [1.29, 1.82) is 0 Å². The van der Waals surface area contributed by atoms with Crippen molar-refractivity contribution in [1.82, 2.24) is 4.90 Å². The Morgan fingerprint density at radius 1 is 1.36 bits per heavy atom. The number of anilines is 1. The minimum absolute atomic E-state index is 0.118. The number of nitrogens with two attached hydrogens (primary N) is 1. The topological polar surface area (TPSA) is 113 Å².